The summed E-state index contributed by atoms with van der Waals surface area (Å²) in [4.78, 5) is 92.2. The number of amides is 6. The number of piperazine rings is 1. The largest absolute Gasteiger partial charge is 0.495 e. The quantitative estimate of drug-likeness (QED) is 0.0550. The van der Waals surface area contributed by atoms with Gasteiger partial charge in [0.05, 0.1) is 29.4 Å². The van der Waals surface area contributed by atoms with Crippen LogP contribution in [0.4, 0.5) is 36.1 Å². The average Bonchev–Trinajstić information content (AvgIpc) is 4.17. The number of hydrogen-bond donors (Lipinski definition) is 4. The molecule has 3 aromatic carbocycles. The van der Waals surface area contributed by atoms with E-state index < -0.39 is 64.7 Å². The maximum atomic E-state index is 16.2. The first-order valence-electron chi connectivity index (χ1n) is 23.9. The van der Waals surface area contributed by atoms with E-state index >= 15 is 8.78 Å². The van der Waals surface area contributed by atoms with Crippen molar-refractivity contribution in [2.75, 3.05) is 80.3 Å². The first kappa shape index (κ1) is 48.0. The van der Waals surface area contributed by atoms with Crippen LogP contribution in [0.15, 0.2) is 85.2 Å². The number of pyridine rings is 2. The Morgan fingerprint density at radius 3 is 2.12 bits per heavy atom. The minimum Gasteiger partial charge on any atom is -0.495 e. The summed E-state index contributed by atoms with van der Waals surface area (Å²) in [5.41, 5.74) is 1.18. The van der Waals surface area contributed by atoms with E-state index in [1.54, 1.807) is 43.6 Å². The van der Waals surface area contributed by atoms with E-state index in [1.807, 2.05) is 17.0 Å². The topological polar surface area (TPSA) is 208 Å². The second-order valence-corrected chi connectivity index (χ2v) is 18.6. The summed E-state index contributed by atoms with van der Waals surface area (Å²) in [6.45, 7) is 2.68. The zero-order chi connectivity index (χ0) is 50.3. The Balaban J connectivity index is 0.704. The maximum absolute atomic E-state index is 16.2. The van der Waals surface area contributed by atoms with E-state index in [9.17, 15) is 33.2 Å². The van der Waals surface area contributed by atoms with Crippen molar-refractivity contribution in [3.05, 3.63) is 102 Å². The lowest BCUT2D eigenvalue weighted by atomic mass is 9.92. The molecule has 5 aliphatic rings. The van der Waals surface area contributed by atoms with Crippen molar-refractivity contribution in [1.29, 1.82) is 0 Å². The average molecular weight is 989 g/mol. The van der Waals surface area contributed by atoms with E-state index in [4.69, 9.17) is 9.47 Å². The van der Waals surface area contributed by atoms with E-state index in [-0.39, 0.29) is 55.7 Å². The number of piperidine rings is 2. The number of benzene rings is 3. The monoisotopic (exact) mass is 988 g/mol. The van der Waals surface area contributed by atoms with Crippen LogP contribution in [0, 0.1) is 17.2 Å². The van der Waals surface area contributed by atoms with Crippen LogP contribution in [0.3, 0.4) is 0 Å². The van der Waals surface area contributed by atoms with E-state index in [1.165, 1.54) is 41.4 Å². The summed E-state index contributed by atoms with van der Waals surface area (Å²) in [6.07, 6.45) is 4.36. The maximum Gasteiger partial charge on any atom is 0.307 e. The Morgan fingerprint density at radius 1 is 0.806 bits per heavy atom. The molecule has 72 heavy (non-hydrogen) atoms. The standard InChI is InChI=1S/C51H51F3N10O8/c1-71-41-28-36-37(55-19-13-40(36)72-34-8-6-33(7-9-34)59-49(70)50(16-17-50)48(69)58-32-4-2-31(52)3-5-32)29-39(41)62-21-14-30(15-22-62)51(53,54)63-26-24-61(25-27-63)23-20-57-44-43-35(12-18-56-44)46(67)64(47(43)68)38-10-11-42(65)60-45(38)66/h2-9,12-13,18-19,28-30,38H,10-11,14-17,20-27H2,1H3,(H,56,57)(H,58,69)(H,59,70)(H,60,65,66). The molecule has 10 rings (SSSR count). The minimum absolute atomic E-state index is 0.00925. The van der Waals surface area contributed by atoms with Crippen molar-refractivity contribution in [3.8, 4) is 17.2 Å². The van der Waals surface area contributed by atoms with Gasteiger partial charge in [-0.15, -0.1) is 0 Å². The molecule has 6 amide bonds. The lowest BCUT2D eigenvalue weighted by Crippen LogP contribution is -2.57. The van der Waals surface area contributed by atoms with Crippen LogP contribution in [-0.4, -0.2) is 132 Å². The highest BCUT2D eigenvalue weighted by Gasteiger charge is 2.56. The van der Waals surface area contributed by atoms with E-state index in [2.05, 4.69) is 36.1 Å². The number of hydrogen-bond acceptors (Lipinski definition) is 14. The van der Waals surface area contributed by atoms with Crippen molar-refractivity contribution >= 4 is 69.2 Å². The van der Waals surface area contributed by atoms with Crippen molar-refractivity contribution in [1.82, 2.24) is 30.0 Å². The third-order valence-corrected chi connectivity index (χ3v) is 14.3. The van der Waals surface area contributed by atoms with Crippen LogP contribution in [-0.2, 0) is 19.2 Å². The summed E-state index contributed by atoms with van der Waals surface area (Å²) in [6, 6.07) is 14.8. The molecule has 1 unspecified atom stereocenters. The zero-order valence-corrected chi connectivity index (χ0v) is 39.2. The van der Waals surface area contributed by atoms with Gasteiger partial charge in [0.25, 0.3) is 11.8 Å². The number of rotatable bonds is 15. The van der Waals surface area contributed by atoms with Gasteiger partial charge in [-0.1, -0.05) is 0 Å². The molecule has 1 aliphatic carbocycles. The molecule has 4 N–H and O–H groups in total. The van der Waals surface area contributed by atoms with Gasteiger partial charge in [-0.25, -0.2) is 14.3 Å². The lowest BCUT2D eigenvalue weighted by Gasteiger charge is -2.44. The number of methoxy groups -OCH3 is 1. The number of anilines is 4. The van der Waals surface area contributed by atoms with Gasteiger partial charge in [0.1, 0.15) is 40.3 Å². The second kappa shape index (κ2) is 19.5. The smallest absolute Gasteiger partial charge is 0.307 e. The number of aromatic nitrogens is 2. The van der Waals surface area contributed by atoms with Crippen molar-refractivity contribution in [2.45, 2.75) is 50.6 Å². The number of alkyl halides is 2. The summed E-state index contributed by atoms with van der Waals surface area (Å²) in [5.74, 6) is -2.93. The van der Waals surface area contributed by atoms with Crippen LogP contribution < -0.4 is 35.6 Å². The summed E-state index contributed by atoms with van der Waals surface area (Å²) in [5, 5.41) is 11.5. The van der Waals surface area contributed by atoms with Gasteiger partial charge in [-0.05, 0) is 105 Å². The number of nitrogens with zero attached hydrogens (tertiary/aromatic N) is 6. The van der Waals surface area contributed by atoms with Crippen LogP contribution in [0.25, 0.3) is 10.9 Å². The molecular formula is C51H51F3N10O8. The normalized spacial score (nSPS) is 19.5. The molecule has 0 spiro atoms. The van der Waals surface area contributed by atoms with Crippen LogP contribution in [0.2, 0.25) is 0 Å². The number of halogens is 3. The molecule has 0 radical (unpaired) electrons. The van der Waals surface area contributed by atoms with Gasteiger partial charge in [0.15, 0.2) is 0 Å². The Bertz CT molecular complexity index is 2960. The zero-order valence-electron chi connectivity index (χ0n) is 39.2. The third-order valence-electron chi connectivity index (χ3n) is 14.3. The molecule has 4 aliphatic heterocycles. The van der Waals surface area contributed by atoms with Gasteiger partial charge in [0.2, 0.25) is 23.6 Å². The van der Waals surface area contributed by atoms with Crippen LogP contribution >= 0.6 is 0 Å². The molecule has 3 saturated heterocycles. The molecule has 6 heterocycles. The second-order valence-electron chi connectivity index (χ2n) is 18.6. The number of ether oxygens (including phenoxy) is 2. The number of nitrogens with one attached hydrogen (secondary N) is 4. The van der Waals surface area contributed by atoms with Crippen molar-refractivity contribution in [2.24, 2.45) is 11.3 Å². The highest BCUT2D eigenvalue weighted by molar-refractivity contribution is 6.25. The summed E-state index contributed by atoms with van der Waals surface area (Å²) < 4.78 is 57.9. The number of carbonyl (C=O) groups excluding carboxylic acids is 6. The first-order valence-corrected chi connectivity index (χ1v) is 23.9. The Labute approximate surface area is 411 Å². The van der Waals surface area contributed by atoms with Crippen molar-refractivity contribution < 1.29 is 51.4 Å². The minimum atomic E-state index is -3.03. The molecule has 21 heteroatoms. The molecule has 1 saturated carbocycles. The Kier molecular flexibility index (Phi) is 13.0. The van der Waals surface area contributed by atoms with Gasteiger partial charge in [0, 0.05) is 93.9 Å². The molecule has 18 nitrogen and oxygen atoms in total. The molecule has 1 atom stereocenters. The predicted octanol–water partition coefficient (Wildman–Crippen LogP) is 5.87. The van der Waals surface area contributed by atoms with E-state index in [0.717, 1.165) is 10.6 Å². The molecular weight excluding hydrogens is 938 g/mol. The lowest BCUT2D eigenvalue weighted by molar-refractivity contribution is -0.200. The number of carbonyl (C=O) groups is 6. The van der Waals surface area contributed by atoms with E-state index in [0.29, 0.717) is 91.6 Å². The summed E-state index contributed by atoms with van der Waals surface area (Å²) in [7, 11) is 1.55. The fraction of sp³-hybridized carbons (Fsp3) is 0.373. The molecule has 0 bridgehead atoms. The summed E-state index contributed by atoms with van der Waals surface area (Å²) >= 11 is 0. The van der Waals surface area contributed by atoms with Crippen molar-refractivity contribution in [3.63, 3.8) is 0 Å². The fourth-order valence-electron chi connectivity index (χ4n) is 9.96. The van der Waals surface area contributed by atoms with Gasteiger partial charge < -0.3 is 30.3 Å². The first-order chi connectivity index (χ1) is 34.7. The highest BCUT2D eigenvalue weighted by atomic mass is 19.3. The third kappa shape index (κ3) is 9.36. The van der Waals surface area contributed by atoms with Crippen LogP contribution in [0.5, 0.6) is 17.2 Å². The molecule has 2 aromatic heterocycles. The number of fused-ring (bicyclic) bond motifs is 2. The fourth-order valence-corrected chi connectivity index (χ4v) is 9.96. The van der Waals surface area contributed by atoms with Crippen LogP contribution in [0.1, 0.15) is 59.2 Å². The SMILES string of the molecule is COc1cc2c(Oc3ccc(NC(=O)C4(C(=O)Nc5ccc(F)cc5)CC4)cc3)ccnc2cc1N1CCC(C(F)(F)N2CCN(CCNc3nccc4c3C(=O)N(C3CCC(=O)NC3=O)C4=O)CC2)CC1. The Hall–Kier alpha value is -7.65. The van der Waals surface area contributed by atoms with Gasteiger partial charge in [-0.3, -0.25) is 48.9 Å². The predicted molar refractivity (Wildman–Crippen MR) is 257 cm³/mol. The molecule has 374 valence electrons. The molecule has 5 aromatic rings. The van der Waals surface area contributed by atoms with Gasteiger partial charge in [-0.2, -0.15) is 8.78 Å². The highest BCUT2D eigenvalue weighted by Crippen LogP contribution is 2.48. The molecule has 4 fully saturated rings. The van der Waals surface area contributed by atoms with Gasteiger partial charge >= 0.3 is 6.05 Å². The Morgan fingerprint density at radius 2 is 1.47 bits per heavy atom. The number of imide groups is 2.